The van der Waals surface area contributed by atoms with E-state index in [9.17, 15) is 4.79 Å². The van der Waals surface area contributed by atoms with Crippen LogP contribution < -0.4 is 15.1 Å². The third-order valence-electron chi connectivity index (χ3n) is 4.30. The van der Waals surface area contributed by atoms with Crippen molar-refractivity contribution in [3.8, 4) is 11.5 Å². The van der Waals surface area contributed by atoms with Gasteiger partial charge in [0, 0.05) is 18.5 Å². The van der Waals surface area contributed by atoms with Gasteiger partial charge in [0.1, 0.15) is 5.52 Å². The smallest absolute Gasteiger partial charge is 0.207 e. The normalized spacial score (nSPS) is 12.4. The van der Waals surface area contributed by atoms with Gasteiger partial charge in [-0.3, -0.25) is 9.78 Å². The van der Waals surface area contributed by atoms with Gasteiger partial charge in [-0.05, 0) is 30.3 Å². The molecular formula is C20H13N3O2. The molecule has 0 aliphatic carbocycles. The summed E-state index contributed by atoms with van der Waals surface area (Å²) in [5, 5.41) is 0. The molecule has 1 N–H and O–H groups in total. The maximum Gasteiger partial charge on any atom is 0.207 e. The first kappa shape index (κ1) is 13.8. The number of H-pyrrole nitrogens is 1. The molecule has 120 valence electrons. The lowest BCUT2D eigenvalue weighted by Gasteiger charge is -2.33. The Morgan fingerprint density at radius 3 is 2.24 bits per heavy atom. The highest BCUT2D eigenvalue weighted by Gasteiger charge is 2.26. The zero-order valence-electron chi connectivity index (χ0n) is 13.1. The monoisotopic (exact) mass is 327 g/mol. The van der Waals surface area contributed by atoms with Crippen molar-refractivity contribution in [2.45, 2.75) is 0 Å². The molecule has 0 unspecified atom stereocenters. The molecule has 4 aromatic rings. The predicted octanol–water partition coefficient (Wildman–Crippen LogP) is 4.50. The highest BCUT2D eigenvalue weighted by molar-refractivity contribution is 5.97. The molecule has 0 amide bonds. The van der Waals surface area contributed by atoms with Crippen LogP contribution in [0.5, 0.6) is 11.5 Å². The molecule has 0 radical (unpaired) electrons. The van der Waals surface area contributed by atoms with Crippen LogP contribution in [0.25, 0.3) is 11.0 Å². The topological polar surface area (TPSA) is 58.2 Å². The van der Waals surface area contributed by atoms with Gasteiger partial charge in [-0.15, -0.1) is 0 Å². The zero-order valence-corrected chi connectivity index (χ0v) is 13.1. The van der Waals surface area contributed by atoms with Crippen molar-refractivity contribution >= 4 is 28.1 Å². The Morgan fingerprint density at radius 2 is 1.52 bits per heavy atom. The van der Waals surface area contributed by atoms with Crippen molar-refractivity contribution in [3.05, 3.63) is 83.3 Å². The van der Waals surface area contributed by atoms with Gasteiger partial charge in [-0.2, -0.15) is 0 Å². The fourth-order valence-corrected chi connectivity index (χ4v) is 3.21. The lowest BCUT2D eigenvalue weighted by molar-refractivity contribution is 0.477. The summed E-state index contributed by atoms with van der Waals surface area (Å²) in [6, 6.07) is 19.1. The molecule has 0 atom stereocenters. The van der Waals surface area contributed by atoms with E-state index in [0.29, 0.717) is 11.0 Å². The SMILES string of the molecule is O=c1cc[nH]c2c(N3c4ccccc4Oc4ccccc43)ccnc12. The molecule has 0 spiro atoms. The van der Waals surface area contributed by atoms with Crippen LogP contribution in [0.1, 0.15) is 0 Å². The summed E-state index contributed by atoms with van der Waals surface area (Å²) in [5.41, 5.74) is 3.69. The third kappa shape index (κ3) is 2.03. The first-order valence-corrected chi connectivity index (χ1v) is 7.95. The van der Waals surface area contributed by atoms with E-state index in [2.05, 4.69) is 14.9 Å². The molecule has 1 aliphatic rings. The van der Waals surface area contributed by atoms with E-state index in [1.807, 2.05) is 54.6 Å². The van der Waals surface area contributed by atoms with Crippen LogP contribution in [0, 0.1) is 0 Å². The van der Waals surface area contributed by atoms with E-state index >= 15 is 0 Å². The Labute approximate surface area is 143 Å². The van der Waals surface area contributed by atoms with E-state index in [1.54, 1.807) is 12.4 Å². The standard InChI is InChI=1S/C20H13N3O2/c24-16-10-12-21-19-15(9-11-22-20(16)19)23-13-5-1-3-7-17(13)25-18-8-4-2-6-14(18)23/h1-12H,(H,21,24). The number of para-hydroxylation sites is 4. The summed E-state index contributed by atoms with van der Waals surface area (Å²) < 4.78 is 6.04. The van der Waals surface area contributed by atoms with Gasteiger partial charge in [-0.25, -0.2) is 0 Å². The van der Waals surface area contributed by atoms with Crippen molar-refractivity contribution < 1.29 is 4.74 Å². The number of hydrogen-bond acceptors (Lipinski definition) is 4. The molecule has 25 heavy (non-hydrogen) atoms. The number of nitrogens with one attached hydrogen (secondary N) is 1. The first-order valence-electron chi connectivity index (χ1n) is 7.95. The van der Waals surface area contributed by atoms with Crippen LogP contribution in [-0.4, -0.2) is 9.97 Å². The van der Waals surface area contributed by atoms with E-state index < -0.39 is 0 Å². The third-order valence-corrected chi connectivity index (χ3v) is 4.30. The number of hydrogen-bond donors (Lipinski definition) is 1. The number of ether oxygens (including phenoxy) is 1. The highest BCUT2D eigenvalue weighted by atomic mass is 16.5. The fourth-order valence-electron chi connectivity index (χ4n) is 3.21. The van der Waals surface area contributed by atoms with Gasteiger partial charge in [0.2, 0.25) is 5.43 Å². The first-order chi connectivity index (χ1) is 12.3. The molecular weight excluding hydrogens is 314 g/mol. The Balaban J connectivity index is 1.87. The second-order valence-corrected chi connectivity index (χ2v) is 5.77. The van der Waals surface area contributed by atoms with Gasteiger partial charge in [0.05, 0.1) is 22.6 Å². The molecule has 0 saturated heterocycles. The molecule has 3 heterocycles. The van der Waals surface area contributed by atoms with E-state index in [0.717, 1.165) is 28.6 Å². The average Bonchev–Trinajstić information content (AvgIpc) is 2.66. The molecule has 1 aliphatic heterocycles. The van der Waals surface area contributed by atoms with Gasteiger partial charge >= 0.3 is 0 Å². The lowest BCUT2D eigenvalue weighted by atomic mass is 10.1. The number of pyridine rings is 2. The maximum absolute atomic E-state index is 12.2. The Morgan fingerprint density at radius 1 is 0.840 bits per heavy atom. The minimum absolute atomic E-state index is 0.106. The van der Waals surface area contributed by atoms with Crippen LogP contribution in [0.2, 0.25) is 0 Å². The number of rotatable bonds is 1. The van der Waals surface area contributed by atoms with E-state index in [-0.39, 0.29) is 5.43 Å². The van der Waals surface area contributed by atoms with Gasteiger partial charge in [-0.1, -0.05) is 24.3 Å². The number of nitrogens with zero attached hydrogens (tertiary/aromatic N) is 2. The average molecular weight is 327 g/mol. The highest BCUT2D eigenvalue weighted by Crippen LogP contribution is 2.50. The van der Waals surface area contributed by atoms with Crippen LogP contribution in [0.15, 0.2) is 77.9 Å². The Bertz CT molecular complexity index is 1120. The number of benzene rings is 2. The quantitative estimate of drug-likeness (QED) is 0.492. The molecule has 5 rings (SSSR count). The fraction of sp³-hybridized carbons (Fsp3) is 0. The minimum atomic E-state index is -0.106. The Kier molecular flexibility index (Phi) is 2.87. The van der Waals surface area contributed by atoms with Crippen molar-refractivity contribution in [3.63, 3.8) is 0 Å². The molecule has 0 bridgehead atoms. The van der Waals surface area contributed by atoms with Gasteiger partial charge < -0.3 is 14.6 Å². The second kappa shape index (κ2) is 5.21. The van der Waals surface area contributed by atoms with Gasteiger partial charge in [0.25, 0.3) is 0 Å². The Hall–Kier alpha value is -3.60. The second-order valence-electron chi connectivity index (χ2n) is 5.77. The number of anilines is 3. The van der Waals surface area contributed by atoms with Crippen LogP contribution >= 0.6 is 0 Å². The minimum Gasteiger partial charge on any atom is -0.453 e. The van der Waals surface area contributed by atoms with Crippen molar-refractivity contribution in [2.24, 2.45) is 0 Å². The summed E-state index contributed by atoms with van der Waals surface area (Å²) >= 11 is 0. The summed E-state index contributed by atoms with van der Waals surface area (Å²) in [6.07, 6.45) is 3.31. The summed E-state index contributed by atoms with van der Waals surface area (Å²) in [6.45, 7) is 0. The number of aromatic nitrogens is 2. The van der Waals surface area contributed by atoms with Crippen LogP contribution in [0.4, 0.5) is 17.1 Å². The largest absolute Gasteiger partial charge is 0.453 e. The maximum atomic E-state index is 12.2. The summed E-state index contributed by atoms with van der Waals surface area (Å²) in [4.78, 5) is 21.7. The molecule has 2 aromatic carbocycles. The zero-order chi connectivity index (χ0) is 16.8. The molecule has 5 heteroatoms. The predicted molar refractivity (Wildman–Crippen MR) is 97.1 cm³/mol. The van der Waals surface area contributed by atoms with Crippen LogP contribution in [-0.2, 0) is 0 Å². The van der Waals surface area contributed by atoms with Gasteiger partial charge in [0.15, 0.2) is 11.5 Å². The van der Waals surface area contributed by atoms with Crippen molar-refractivity contribution in [1.29, 1.82) is 0 Å². The number of aromatic amines is 1. The van der Waals surface area contributed by atoms with E-state index in [4.69, 9.17) is 4.74 Å². The number of fused-ring (bicyclic) bond motifs is 3. The lowest BCUT2D eigenvalue weighted by Crippen LogP contribution is -2.17. The molecule has 0 fully saturated rings. The van der Waals surface area contributed by atoms with Crippen molar-refractivity contribution in [1.82, 2.24) is 9.97 Å². The molecule has 2 aromatic heterocycles. The van der Waals surface area contributed by atoms with E-state index in [1.165, 1.54) is 6.07 Å². The molecule has 0 saturated carbocycles. The summed E-state index contributed by atoms with van der Waals surface area (Å²) in [7, 11) is 0. The van der Waals surface area contributed by atoms with Crippen LogP contribution in [0.3, 0.4) is 0 Å². The summed E-state index contributed by atoms with van der Waals surface area (Å²) in [5.74, 6) is 1.54. The molecule has 5 nitrogen and oxygen atoms in total. The van der Waals surface area contributed by atoms with Crippen molar-refractivity contribution in [2.75, 3.05) is 4.90 Å².